The zero-order valence-corrected chi connectivity index (χ0v) is 32.2. The molecule has 1 N–H and O–H groups in total. The molecule has 12 nitrogen and oxygen atoms in total. The smallest absolute Gasteiger partial charge is 0.352 e. The van der Waals surface area contributed by atoms with Crippen molar-refractivity contribution in [2.24, 2.45) is 0 Å². The van der Waals surface area contributed by atoms with Crippen molar-refractivity contribution in [3.8, 4) is 16.2 Å². The van der Waals surface area contributed by atoms with E-state index in [1.165, 1.54) is 16.4 Å². The SMILES string of the molecule is CC(C)(C)OC(=O)COc1c(C(=O)OC(C)(C)C)sc(-c2cccc(NC3CCN(S(=O)(=O)Cc4cccc([N+](=O)[O-])c4F)C(C)(C)C3)c2)c1Cl. The van der Waals surface area contributed by atoms with Crippen LogP contribution in [0.15, 0.2) is 42.5 Å². The monoisotopic (exact) mass is 767 g/mol. The number of thiophene rings is 1. The van der Waals surface area contributed by atoms with Crippen LogP contribution in [0.3, 0.4) is 0 Å². The molecule has 278 valence electrons. The molecular weight excluding hydrogens is 725 g/mol. The van der Waals surface area contributed by atoms with Crippen molar-refractivity contribution in [3.63, 3.8) is 0 Å². The summed E-state index contributed by atoms with van der Waals surface area (Å²) in [6, 6.07) is 10.7. The average Bonchev–Trinajstić information content (AvgIpc) is 3.30. The lowest BCUT2D eigenvalue weighted by Gasteiger charge is -2.45. The summed E-state index contributed by atoms with van der Waals surface area (Å²) >= 11 is 7.88. The Morgan fingerprint density at radius 3 is 2.35 bits per heavy atom. The number of nitro benzene ring substituents is 1. The number of hydrogen-bond acceptors (Lipinski definition) is 11. The zero-order valence-electron chi connectivity index (χ0n) is 29.8. The fourth-order valence-electron chi connectivity index (χ4n) is 5.77. The third-order valence-corrected chi connectivity index (χ3v) is 11.4. The van der Waals surface area contributed by atoms with E-state index < -0.39 is 67.5 Å². The lowest BCUT2D eigenvalue weighted by Crippen LogP contribution is -2.55. The number of sulfonamides is 1. The van der Waals surface area contributed by atoms with Crippen LogP contribution in [-0.2, 0) is 30.0 Å². The van der Waals surface area contributed by atoms with E-state index in [0.717, 1.165) is 17.4 Å². The minimum Gasteiger partial charge on any atom is -0.479 e. The second-order valence-corrected chi connectivity index (χ2v) is 18.1. The van der Waals surface area contributed by atoms with Crippen molar-refractivity contribution in [1.82, 2.24) is 4.31 Å². The first kappa shape index (κ1) is 40.0. The summed E-state index contributed by atoms with van der Waals surface area (Å²) in [5.41, 5.74) is -2.09. The van der Waals surface area contributed by atoms with Gasteiger partial charge in [0.05, 0.1) is 15.6 Å². The van der Waals surface area contributed by atoms with E-state index in [2.05, 4.69) is 5.32 Å². The first-order valence-corrected chi connectivity index (χ1v) is 19.0. The van der Waals surface area contributed by atoms with E-state index in [9.17, 15) is 32.5 Å². The van der Waals surface area contributed by atoms with Crippen LogP contribution < -0.4 is 10.1 Å². The normalized spacial score (nSPS) is 16.7. The number of piperidine rings is 1. The van der Waals surface area contributed by atoms with Crippen molar-refractivity contribution in [1.29, 1.82) is 0 Å². The van der Waals surface area contributed by atoms with E-state index in [-0.39, 0.29) is 33.8 Å². The molecule has 2 aromatic carbocycles. The number of halogens is 2. The lowest BCUT2D eigenvalue weighted by atomic mass is 9.89. The minimum absolute atomic E-state index is 0.00968. The third kappa shape index (κ3) is 10.2. The number of rotatable bonds is 11. The molecule has 1 aromatic heterocycles. The van der Waals surface area contributed by atoms with Gasteiger partial charge in [-0.3, -0.25) is 10.1 Å². The molecule has 1 unspecified atom stereocenters. The van der Waals surface area contributed by atoms with Crippen molar-refractivity contribution < 1.29 is 41.5 Å². The highest BCUT2D eigenvalue weighted by molar-refractivity contribution is 7.88. The number of carbonyl (C=O) groups is 2. The van der Waals surface area contributed by atoms with Crippen LogP contribution >= 0.6 is 22.9 Å². The number of nitrogens with one attached hydrogen (secondary N) is 1. The molecule has 16 heteroatoms. The quantitative estimate of drug-likeness (QED) is 0.115. The van der Waals surface area contributed by atoms with Gasteiger partial charge in [0.2, 0.25) is 15.8 Å². The van der Waals surface area contributed by atoms with Crippen LogP contribution in [0, 0.1) is 15.9 Å². The van der Waals surface area contributed by atoms with Crippen LogP contribution in [0.25, 0.3) is 10.4 Å². The van der Waals surface area contributed by atoms with Crippen molar-refractivity contribution >= 4 is 56.3 Å². The molecule has 51 heavy (non-hydrogen) atoms. The number of anilines is 1. The summed E-state index contributed by atoms with van der Waals surface area (Å²) in [7, 11) is -4.04. The predicted octanol–water partition coefficient (Wildman–Crippen LogP) is 7.98. The van der Waals surface area contributed by atoms with Gasteiger partial charge in [0.15, 0.2) is 17.2 Å². The Balaban J connectivity index is 1.54. The van der Waals surface area contributed by atoms with Gasteiger partial charge in [-0.05, 0) is 85.9 Å². The Morgan fingerprint density at radius 2 is 1.75 bits per heavy atom. The Labute approximate surface area is 306 Å². The Bertz CT molecular complexity index is 1920. The Kier molecular flexibility index (Phi) is 11.8. The largest absolute Gasteiger partial charge is 0.479 e. The molecule has 4 rings (SSSR count). The van der Waals surface area contributed by atoms with E-state index >= 15 is 0 Å². The molecule has 1 fully saturated rings. The van der Waals surface area contributed by atoms with Crippen LogP contribution in [0.4, 0.5) is 15.8 Å². The number of esters is 2. The highest BCUT2D eigenvalue weighted by atomic mass is 35.5. The van der Waals surface area contributed by atoms with E-state index in [0.29, 0.717) is 29.0 Å². The molecule has 1 aliphatic rings. The molecule has 1 atom stereocenters. The van der Waals surface area contributed by atoms with Gasteiger partial charge >= 0.3 is 17.6 Å². The van der Waals surface area contributed by atoms with Crippen LogP contribution in [0.5, 0.6) is 5.75 Å². The molecule has 1 saturated heterocycles. The van der Waals surface area contributed by atoms with Crippen molar-refractivity contribution in [2.45, 2.75) is 96.8 Å². The highest BCUT2D eigenvalue weighted by Crippen LogP contribution is 2.47. The number of hydrogen-bond donors (Lipinski definition) is 1. The number of carbonyl (C=O) groups excluding carboxylic acids is 2. The molecule has 0 saturated carbocycles. The maximum absolute atomic E-state index is 14.8. The zero-order chi connectivity index (χ0) is 38.1. The summed E-state index contributed by atoms with van der Waals surface area (Å²) in [6.07, 6.45) is 0.828. The number of nitro groups is 1. The fraction of sp³-hybridized carbons (Fsp3) is 0.486. The summed E-state index contributed by atoms with van der Waals surface area (Å²) in [4.78, 5) is 36.6. The van der Waals surface area contributed by atoms with Crippen LogP contribution in [0.2, 0.25) is 5.02 Å². The molecule has 3 aromatic rings. The Hall–Kier alpha value is -3.79. The molecular formula is C35H43ClFN3O9S2. The molecule has 2 heterocycles. The van der Waals surface area contributed by atoms with Crippen LogP contribution in [-0.4, -0.2) is 65.5 Å². The molecule has 0 amide bonds. The van der Waals surface area contributed by atoms with Crippen molar-refractivity contribution in [3.05, 3.63) is 73.9 Å². The number of ether oxygens (including phenoxy) is 3. The number of benzene rings is 2. The van der Waals surface area contributed by atoms with Gasteiger partial charge in [-0.1, -0.05) is 35.9 Å². The Morgan fingerprint density at radius 1 is 1.10 bits per heavy atom. The van der Waals surface area contributed by atoms with Crippen molar-refractivity contribution in [2.75, 3.05) is 18.5 Å². The summed E-state index contributed by atoms with van der Waals surface area (Å²) in [5, 5.41) is 14.8. The fourth-order valence-corrected chi connectivity index (χ4v) is 9.19. The summed E-state index contributed by atoms with van der Waals surface area (Å²) in [6.45, 7) is 13.6. The topological polar surface area (TPSA) is 154 Å². The highest BCUT2D eigenvalue weighted by Gasteiger charge is 2.42. The molecule has 0 spiro atoms. The lowest BCUT2D eigenvalue weighted by molar-refractivity contribution is -0.387. The predicted molar refractivity (Wildman–Crippen MR) is 194 cm³/mol. The van der Waals surface area contributed by atoms with Gasteiger partial charge in [-0.2, -0.15) is 8.70 Å². The van der Waals surface area contributed by atoms with Gasteiger partial charge < -0.3 is 19.5 Å². The molecule has 0 aliphatic carbocycles. The maximum Gasteiger partial charge on any atom is 0.352 e. The summed E-state index contributed by atoms with van der Waals surface area (Å²) < 4.78 is 59.8. The van der Waals surface area contributed by atoms with E-state index in [4.69, 9.17) is 25.8 Å². The summed E-state index contributed by atoms with van der Waals surface area (Å²) in [5.74, 6) is -3.15. The van der Waals surface area contributed by atoms with Gasteiger partial charge in [0.25, 0.3) is 0 Å². The standard InChI is InChI=1S/C35H43ClFN3O9S2/c1-33(2,3)48-26(41)19-47-29-27(36)30(50-31(29)32(42)49-34(4,5)6)21-11-9-13-23(17-21)38-24-15-16-39(35(7,8)18-24)51(45,46)20-22-12-10-14-25(28(22)37)40(43)44/h9-14,17,24,38H,15-16,18-20H2,1-8H3. The van der Waals surface area contributed by atoms with Gasteiger partial charge in [-0.15, -0.1) is 11.3 Å². The van der Waals surface area contributed by atoms with Crippen LogP contribution in [0.1, 0.15) is 83.5 Å². The first-order chi connectivity index (χ1) is 23.5. The van der Waals surface area contributed by atoms with Gasteiger partial charge in [-0.25, -0.2) is 18.0 Å². The number of nitrogens with zero attached hydrogens (tertiary/aromatic N) is 2. The second kappa shape index (κ2) is 15.1. The van der Waals surface area contributed by atoms with Gasteiger partial charge in [0, 0.05) is 35.4 Å². The minimum atomic E-state index is -4.04. The molecule has 0 bridgehead atoms. The van der Waals surface area contributed by atoms with Gasteiger partial charge in [0.1, 0.15) is 16.2 Å². The first-order valence-electron chi connectivity index (χ1n) is 16.2. The maximum atomic E-state index is 14.8. The molecule has 1 aliphatic heterocycles. The average molecular weight is 768 g/mol. The second-order valence-electron chi connectivity index (χ2n) is 14.8. The third-order valence-electron chi connectivity index (χ3n) is 7.67. The van der Waals surface area contributed by atoms with E-state index in [1.807, 2.05) is 18.2 Å². The van der Waals surface area contributed by atoms with E-state index in [1.54, 1.807) is 61.5 Å². The molecule has 0 radical (unpaired) electrons.